The van der Waals surface area contributed by atoms with E-state index < -0.39 is 6.36 Å². The van der Waals surface area contributed by atoms with Gasteiger partial charge < -0.3 is 9.47 Å². The molecule has 2 aromatic carbocycles. The Morgan fingerprint density at radius 1 is 1.00 bits per heavy atom. The minimum atomic E-state index is -4.72. The van der Waals surface area contributed by atoms with Crippen LogP contribution in [0.3, 0.4) is 0 Å². The van der Waals surface area contributed by atoms with Crippen LogP contribution in [-0.4, -0.2) is 13.5 Å². The molecule has 0 amide bonds. The summed E-state index contributed by atoms with van der Waals surface area (Å²) in [6.45, 7) is 5.81. The fraction of sp³-hybridized carbons (Fsp3) is 0.375. The van der Waals surface area contributed by atoms with Crippen LogP contribution in [0.25, 0.3) is 10.8 Å². The molecule has 5 heteroatoms. The van der Waals surface area contributed by atoms with Gasteiger partial charge in [-0.25, -0.2) is 0 Å². The maximum absolute atomic E-state index is 12.6. The first-order valence-electron chi connectivity index (χ1n) is 6.49. The fourth-order valence-corrected chi connectivity index (χ4v) is 2.29. The second-order valence-corrected chi connectivity index (χ2v) is 5.83. The Kier molecular flexibility index (Phi) is 3.78. The van der Waals surface area contributed by atoms with Crippen molar-refractivity contribution in [3.05, 3.63) is 35.9 Å². The summed E-state index contributed by atoms with van der Waals surface area (Å²) in [6.07, 6.45) is -4.72. The molecule has 0 atom stereocenters. The normalized spacial score (nSPS) is 12.5. The summed E-state index contributed by atoms with van der Waals surface area (Å²) >= 11 is 0. The predicted molar refractivity (Wildman–Crippen MR) is 75.9 cm³/mol. The third-order valence-electron chi connectivity index (χ3n) is 3.18. The fourth-order valence-electron chi connectivity index (χ4n) is 2.29. The van der Waals surface area contributed by atoms with Crippen LogP contribution >= 0.6 is 0 Å². The van der Waals surface area contributed by atoms with E-state index in [1.165, 1.54) is 19.2 Å². The van der Waals surface area contributed by atoms with E-state index in [0.29, 0.717) is 16.5 Å². The molecule has 2 aromatic rings. The van der Waals surface area contributed by atoms with Crippen molar-refractivity contribution < 1.29 is 22.6 Å². The van der Waals surface area contributed by atoms with Crippen molar-refractivity contribution >= 4 is 10.8 Å². The second-order valence-electron chi connectivity index (χ2n) is 5.83. The number of fused-ring (bicyclic) bond motifs is 1. The Bertz CT molecular complexity index is 655. The lowest BCUT2D eigenvalue weighted by molar-refractivity contribution is -0.274. The van der Waals surface area contributed by atoms with E-state index in [9.17, 15) is 13.2 Å². The topological polar surface area (TPSA) is 18.5 Å². The van der Waals surface area contributed by atoms with E-state index in [4.69, 9.17) is 4.74 Å². The summed E-state index contributed by atoms with van der Waals surface area (Å²) in [6, 6.07) is 8.07. The quantitative estimate of drug-likeness (QED) is 0.773. The van der Waals surface area contributed by atoms with E-state index in [0.717, 1.165) is 5.56 Å². The lowest BCUT2D eigenvalue weighted by Crippen LogP contribution is -2.18. The molecule has 21 heavy (non-hydrogen) atoms. The number of alkyl halides is 3. The number of hydrogen-bond acceptors (Lipinski definition) is 2. The standard InChI is InChI=1S/C16H17F3O2/c1-15(2,3)12-9-11(20-4)8-10-6-5-7-13(14(10)12)21-16(17,18)19/h5-9H,1-4H3. The van der Waals surface area contributed by atoms with Crippen LogP contribution in [0.2, 0.25) is 0 Å². The second kappa shape index (κ2) is 5.13. The molecule has 0 saturated carbocycles. The molecule has 0 radical (unpaired) electrons. The molecule has 0 aliphatic carbocycles. The molecular weight excluding hydrogens is 281 g/mol. The maximum atomic E-state index is 12.6. The van der Waals surface area contributed by atoms with Gasteiger partial charge in [-0.15, -0.1) is 13.2 Å². The van der Waals surface area contributed by atoms with Crippen molar-refractivity contribution in [3.63, 3.8) is 0 Å². The highest BCUT2D eigenvalue weighted by Crippen LogP contribution is 2.40. The summed E-state index contributed by atoms with van der Waals surface area (Å²) in [5, 5.41) is 1.11. The van der Waals surface area contributed by atoms with Crippen molar-refractivity contribution in [1.82, 2.24) is 0 Å². The van der Waals surface area contributed by atoms with Crippen LogP contribution in [0.4, 0.5) is 13.2 Å². The molecule has 0 aliphatic heterocycles. The Morgan fingerprint density at radius 3 is 2.19 bits per heavy atom. The lowest BCUT2D eigenvalue weighted by Gasteiger charge is -2.24. The van der Waals surface area contributed by atoms with E-state index in [-0.39, 0.29) is 11.2 Å². The smallest absolute Gasteiger partial charge is 0.497 e. The molecule has 0 aromatic heterocycles. The molecule has 0 fully saturated rings. The number of benzene rings is 2. The first-order chi connectivity index (χ1) is 9.62. The molecule has 2 nitrogen and oxygen atoms in total. The van der Waals surface area contributed by atoms with Gasteiger partial charge >= 0.3 is 6.36 Å². The average molecular weight is 298 g/mol. The molecule has 0 heterocycles. The van der Waals surface area contributed by atoms with E-state index >= 15 is 0 Å². The molecular formula is C16H17F3O2. The lowest BCUT2D eigenvalue weighted by atomic mass is 9.83. The summed E-state index contributed by atoms with van der Waals surface area (Å²) in [7, 11) is 1.53. The molecule has 0 aliphatic rings. The van der Waals surface area contributed by atoms with Crippen LogP contribution in [0.1, 0.15) is 26.3 Å². The Balaban J connectivity index is 2.78. The molecule has 0 spiro atoms. The Hall–Kier alpha value is -1.91. The van der Waals surface area contributed by atoms with Gasteiger partial charge in [0.2, 0.25) is 0 Å². The van der Waals surface area contributed by atoms with Crippen LogP contribution in [0.5, 0.6) is 11.5 Å². The summed E-state index contributed by atoms with van der Waals surface area (Å²) in [5.74, 6) is 0.421. The van der Waals surface area contributed by atoms with Gasteiger partial charge in [-0.1, -0.05) is 32.9 Å². The zero-order valence-electron chi connectivity index (χ0n) is 12.3. The van der Waals surface area contributed by atoms with Gasteiger partial charge in [0, 0.05) is 5.39 Å². The number of hydrogen-bond donors (Lipinski definition) is 0. The van der Waals surface area contributed by atoms with Crippen LogP contribution in [0.15, 0.2) is 30.3 Å². The summed E-state index contributed by atoms with van der Waals surface area (Å²) in [4.78, 5) is 0. The van der Waals surface area contributed by atoms with Crippen LogP contribution in [0, 0.1) is 0 Å². The number of ether oxygens (including phenoxy) is 2. The van der Waals surface area contributed by atoms with Crippen molar-refractivity contribution in [2.24, 2.45) is 0 Å². The molecule has 0 saturated heterocycles. The van der Waals surface area contributed by atoms with E-state index in [2.05, 4.69) is 4.74 Å². The third kappa shape index (κ3) is 3.40. The number of halogens is 3. The number of rotatable bonds is 2. The SMILES string of the molecule is COc1cc(C(C)(C)C)c2c(OC(F)(F)F)cccc2c1. The molecule has 0 N–H and O–H groups in total. The number of methoxy groups -OCH3 is 1. The Morgan fingerprint density at radius 2 is 1.67 bits per heavy atom. The van der Waals surface area contributed by atoms with Gasteiger partial charge in [-0.3, -0.25) is 0 Å². The molecule has 2 rings (SSSR count). The highest BCUT2D eigenvalue weighted by atomic mass is 19.4. The predicted octanol–water partition coefficient (Wildman–Crippen LogP) is 5.04. The van der Waals surface area contributed by atoms with Crippen molar-refractivity contribution in [1.29, 1.82) is 0 Å². The minimum absolute atomic E-state index is 0.187. The zero-order chi connectivity index (χ0) is 15.8. The minimum Gasteiger partial charge on any atom is -0.497 e. The van der Waals surface area contributed by atoms with Gasteiger partial charge in [0.1, 0.15) is 11.5 Å². The largest absolute Gasteiger partial charge is 0.573 e. The highest BCUT2D eigenvalue weighted by molar-refractivity contribution is 5.93. The van der Waals surface area contributed by atoms with E-state index in [1.54, 1.807) is 18.2 Å². The van der Waals surface area contributed by atoms with Crippen molar-refractivity contribution in [2.75, 3.05) is 7.11 Å². The van der Waals surface area contributed by atoms with Crippen molar-refractivity contribution in [3.8, 4) is 11.5 Å². The van der Waals surface area contributed by atoms with Gasteiger partial charge in [-0.05, 0) is 34.6 Å². The van der Waals surface area contributed by atoms with Crippen molar-refractivity contribution in [2.45, 2.75) is 32.5 Å². The molecule has 114 valence electrons. The Labute approximate surface area is 121 Å². The van der Waals surface area contributed by atoms with Crippen LogP contribution in [-0.2, 0) is 5.41 Å². The van der Waals surface area contributed by atoms with Gasteiger partial charge in [0.15, 0.2) is 0 Å². The summed E-state index contributed by atoms with van der Waals surface area (Å²) < 4.78 is 47.2. The highest BCUT2D eigenvalue weighted by Gasteiger charge is 2.33. The van der Waals surface area contributed by atoms with Gasteiger partial charge in [-0.2, -0.15) is 0 Å². The molecule has 0 bridgehead atoms. The van der Waals surface area contributed by atoms with Gasteiger partial charge in [0.05, 0.1) is 7.11 Å². The maximum Gasteiger partial charge on any atom is 0.573 e. The summed E-state index contributed by atoms with van der Waals surface area (Å²) in [5.41, 5.74) is 0.398. The zero-order valence-corrected chi connectivity index (χ0v) is 12.3. The monoisotopic (exact) mass is 298 g/mol. The first kappa shape index (κ1) is 15.5. The average Bonchev–Trinajstić information content (AvgIpc) is 2.34. The van der Waals surface area contributed by atoms with Gasteiger partial charge in [0.25, 0.3) is 0 Å². The molecule has 0 unspecified atom stereocenters. The van der Waals surface area contributed by atoms with Crippen LogP contribution < -0.4 is 9.47 Å². The first-order valence-corrected chi connectivity index (χ1v) is 6.49. The third-order valence-corrected chi connectivity index (χ3v) is 3.18. The van der Waals surface area contributed by atoms with E-state index in [1.807, 2.05) is 20.8 Å².